The highest BCUT2D eigenvalue weighted by Crippen LogP contribution is 2.33. The van der Waals surface area contributed by atoms with Crippen LogP contribution in [0.1, 0.15) is 49.0 Å². The van der Waals surface area contributed by atoms with Gasteiger partial charge in [0.1, 0.15) is 0 Å². The van der Waals surface area contributed by atoms with Gasteiger partial charge in [-0.3, -0.25) is 9.59 Å². The van der Waals surface area contributed by atoms with Crippen molar-refractivity contribution in [3.05, 3.63) is 29.8 Å². The van der Waals surface area contributed by atoms with Gasteiger partial charge in [-0.05, 0) is 57.3 Å². The van der Waals surface area contributed by atoms with Crippen LogP contribution in [0, 0.1) is 11.7 Å². The average molecular weight is 388 g/mol. The average Bonchev–Trinajstić information content (AvgIpc) is 3.46. The quantitative estimate of drug-likeness (QED) is 0.749. The Morgan fingerprint density at radius 1 is 1.14 bits per heavy atom. The summed E-state index contributed by atoms with van der Waals surface area (Å²) in [7, 11) is 0. The Kier molecular flexibility index (Phi) is 5.90. The number of halogens is 1. The van der Waals surface area contributed by atoms with Crippen LogP contribution in [0.3, 0.4) is 0 Å². The van der Waals surface area contributed by atoms with Crippen LogP contribution < -0.4 is 0 Å². The highest BCUT2D eigenvalue weighted by molar-refractivity contribution is 5.92. The van der Waals surface area contributed by atoms with Crippen molar-refractivity contribution in [1.29, 1.82) is 0 Å². The van der Waals surface area contributed by atoms with Crippen LogP contribution in [0.2, 0.25) is 0 Å². The Morgan fingerprint density at radius 2 is 1.93 bits per heavy atom. The van der Waals surface area contributed by atoms with E-state index in [1.54, 1.807) is 4.90 Å². The summed E-state index contributed by atoms with van der Waals surface area (Å²) >= 11 is 0. The number of nitrogens with zero attached hydrogens (tertiary/aromatic N) is 4. The van der Waals surface area contributed by atoms with Gasteiger partial charge in [0, 0.05) is 38.3 Å². The second kappa shape index (κ2) is 8.55. The summed E-state index contributed by atoms with van der Waals surface area (Å²) < 4.78 is 13.9. The van der Waals surface area contributed by atoms with E-state index in [9.17, 15) is 14.0 Å². The Labute approximate surface area is 165 Å². The third kappa shape index (κ3) is 4.35. The number of hydrogen-bond acceptors (Lipinski definition) is 4. The van der Waals surface area contributed by atoms with Crippen molar-refractivity contribution >= 4 is 11.8 Å². The number of aromatic nitrogens is 1. The van der Waals surface area contributed by atoms with Crippen molar-refractivity contribution in [1.82, 2.24) is 19.7 Å². The van der Waals surface area contributed by atoms with E-state index in [1.165, 1.54) is 37.6 Å². The Hall–Kier alpha value is -2.02. The van der Waals surface area contributed by atoms with Gasteiger partial charge < -0.3 is 14.7 Å². The van der Waals surface area contributed by atoms with Crippen molar-refractivity contribution in [2.24, 2.45) is 5.92 Å². The normalized spacial score (nSPS) is 23.0. The fourth-order valence-electron chi connectivity index (χ4n) is 4.34. The van der Waals surface area contributed by atoms with E-state index in [0.29, 0.717) is 13.1 Å². The van der Waals surface area contributed by atoms with Gasteiger partial charge in [-0.2, -0.15) is 0 Å². The van der Waals surface area contributed by atoms with Crippen LogP contribution in [0.5, 0.6) is 0 Å². The topological polar surface area (TPSA) is 56.8 Å². The molecular formula is C21H29FN4O2. The van der Waals surface area contributed by atoms with Crippen LogP contribution in [0.15, 0.2) is 18.3 Å². The third-order valence-corrected chi connectivity index (χ3v) is 6.17. The number of pyridine rings is 1. The molecule has 0 N–H and O–H groups in total. The van der Waals surface area contributed by atoms with Gasteiger partial charge in [0.25, 0.3) is 5.91 Å². The first-order chi connectivity index (χ1) is 13.6. The van der Waals surface area contributed by atoms with Gasteiger partial charge >= 0.3 is 0 Å². The van der Waals surface area contributed by atoms with E-state index in [2.05, 4.69) is 9.88 Å². The van der Waals surface area contributed by atoms with E-state index in [1.807, 2.05) is 4.90 Å². The lowest BCUT2D eigenvalue weighted by atomic mass is 10.1. The van der Waals surface area contributed by atoms with Crippen molar-refractivity contribution in [3.63, 3.8) is 0 Å². The molecule has 3 aliphatic rings. The third-order valence-electron chi connectivity index (χ3n) is 6.17. The monoisotopic (exact) mass is 388 g/mol. The molecule has 1 unspecified atom stereocenters. The molecule has 3 fully saturated rings. The lowest BCUT2D eigenvalue weighted by molar-refractivity contribution is -0.135. The van der Waals surface area contributed by atoms with Crippen LogP contribution in [-0.2, 0) is 4.79 Å². The van der Waals surface area contributed by atoms with Crippen LogP contribution in [0.4, 0.5) is 4.39 Å². The van der Waals surface area contributed by atoms with Gasteiger partial charge in [0.05, 0.1) is 6.04 Å². The number of amides is 2. The molecule has 7 heteroatoms. The van der Waals surface area contributed by atoms with Crippen LogP contribution >= 0.6 is 0 Å². The lowest BCUT2D eigenvalue weighted by Gasteiger charge is -2.33. The molecule has 0 aromatic carbocycles. The first-order valence-corrected chi connectivity index (χ1v) is 10.6. The molecule has 28 heavy (non-hydrogen) atoms. The first kappa shape index (κ1) is 19.3. The molecular weight excluding hydrogens is 359 g/mol. The SMILES string of the molecule is O=C(c1ncccc1F)N1CCC(N(CCN2CCCCC2)C(=O)C2CC2)C1. The molecule has 2 aliphatic heterocycles. The smallest absolute Gasteiger partial charge is 0.275 e. The number of rotatable bonds is 6. The Bertz CT molecular complexity index is 718. The minimum Gasteiger partial charge on any atom is -0.336 e. The summed E-state index contributed by atoms with van der Waals surface area (Å²) in [6.45, 7) is 4.85. The van der Waals surface area contributed by atoms with E-state index in [4.69, 9.17) is 0 Å². The molecule has 3 heterocycles. The molecule has 1 aromatic heterocycles. The highest BCUT2D eigenvalue weighted by Gasteiger charge is 2.39. The number of carbonyl (C=O) groups excluding carboxylic acids is 2. The van der Waals surface area contributed by atoms with Crippen molar-refractivity contribution in [3.8, 4) is 0 Å². The van der Waals surface area contributed by atoms with Gasteiger partial charge in [0.15, 0.2) is 11.5 Å². The molecule has 1 saturated carbocycles. The largest absolute Gasteiger partial charge is 0.336 e. The van der Waals surface area contributed by atoms with E-state index < -0.39 is 5.82 Å². The number of piperidine rings is 1. The second-order valence-electron chi connectivity index (χ2n) is 8.24. The standard InChI is InChI=1S/C21H29FN4O2/c22-18-5-4-9-23-19(18)21(28)25-12-8-17(15-25)26(20(27)16-6-7-16)14-13-24-10-2-1-3-11-24/h4-5,9,16-17H,1-3,6-8,10-15H2. The summed E-state index contributed by atoms with van der Waals surface area (Å²) in [6, 6.07) is 2.76. The van der Waals surface area contributed by atoms with E-state index >= 15 is 0 Å². The molecule has 0 bridgehead atoms. The fraction of sp³-hybridized carbons (Fsp3) is 0.667. The fourth-order valence-corrected chi connectivity index (χ4v) is 4.34. The minimum absolute atomic E-state index is 0.0219. The van der Waals surface area contributed by atoms with E-state index in [0.717, 1.165) is 45.4 Å². The summed E-state index contributed by atoms with van der Waals surface area (Å²) in [5.74, 6) is -0.568. The maximum atomic E-state index is 13.9. The zero-order valence-electron chi connectivity index (χ0n) is 16.4. The summed E-state index contributed by atoms with van der Waals surface area (Å²) in [5.41, 5.74) is -0.128. The van der Waals surface area contributed by atoms with Gasteiger partial charge in [-0.1, -0.05) is 6.42 Å². The van der Waals surface area contributed by atoms with Gasteiger partial charge in [0.2, 0.25) is 5.91 Å². The first-order valence-electron chi connectivity index (χ1n) is 10.6. The van der Waals surface area contributed by atoms with E-state index in [-0.39, 0.29) is 29.5 Å². The molecule has 4 rings (SSSR count). The molecule has 2 saturated heterocycles. The molecule has 2 amide bonds. The molecule has 0 radical (unpaired) electrons. The zero-order valence-corrected chi connectivity index (χ0v) is 16.4. The second-order valence-corrected chi connectivity index (χ2v) is 8.24. The van der Waals surface area contributed by atoms with Crippen molar-refractivity contribution in [2.75, 3.05) is 39.3 Å². The van der Waals surface area contributed by atoms with Crippen molar-refractivity contribution < 1.29 is 14.0 Å². The maximum Gasteiger partial charge on any atom is 0.275 e. The molecule has 1 atom stereocenters. The summed E-state index contributed by atoms with van der Waals surface area (Å²) in [5, 5.41) is 0. The molecule has 1 aromatic rings. The van der Waals surface area contributed by atoms with Gasteiger partial charge in [-0.25, -0.2) is 9.37 Å². The maximum absolute atomic E-state index is 13.9. The Morgan fingerprint density at radius 3 is 2.64 bits per heavy atom. The molecule has 152 valence electrons. The predicted molar refractivity (Wildman–Crippen MR) is 103 cm³/mol. The van der Waals surface area contributed by atoms with Crippen molar-refractivity contribution in [2.45, 2.75) is 44.6 Å². The minimum atomic E-state index is -0.591. The lowest BCUT2D eigenvalue weighted by Crippen LogP contribution is -2.47. The van der Waals surface area contributed by atoms with Crippen LogP contribution in [-0.4, -0.2) is 76.8 Å². The molecule has 1 aliphatic carbocycles. The summed E-state index contributed by atoms with van der Waals surface area (Å²) in [4.78, 5) is 35.6. The molecule has 6 nitrogen and oxygen atoms in total. The Balaban J connectivity index is 1.40. The number of hydrogen-bond donors (Lipinski definition) is 0. The van der Waals surface area contributed by atoms with Crippen LogP contribution in [0.25, 0.3) is 0 Å². The summed E-state index contributed by atoms with van der Waals surface area (Å²) in [6.07, 6.45) is 7.91. The zero-order chi connectivity index (χ0) is 19.5. The number of carbonyl (C=O) groups is 2. The van der Waals surface area contributed by atoms with Gasteiger partial charge in [-0.15, -0.1) is 0 Å². The highest BCUT2D eigenvalue weighted by atomic mass is 19.1. The predicted octanol–water partition coefficient (Wildman–Crippen LogP) is 2.16. The molecule has 0 spiro atoms. The number of likely N-dealkylation sites (tertiary alicyclic amines) is 2.